The Morgan fingerprint density at radius 2 is 1.00 bits per heavy atom. The zero-order valence-electron chi connectivity index (χ0n) is 35.0. The van der Waals surface area contributed by atoms with Crippen molar-refractivity contribution in [1.29, 1.82) is 0 Å². The number of para-hydroxylation sites is 4. The second-order valence-electron chi connectivity index (χ2n) is 18.3. The normalized spacial score (nSPS) is 18.7. The number of fused-ring (bicyclic) bond motifs is 22. The lowest BCUT2D eigenvalue weighted by atomic mass is 9.70. The molecule has 0 bridgehead atoms. The summed E-state index contributed by atoms with van der Waals surface area (Å²) in [4.78, 5) is 0. The summed E-state index contributed by atoms with van der Waals surface area (Å²) in [6.45, 7) is 0. The first-order valence-corrected chi connectivity index (χ1v) is 22.7. The molecule has 0 radical (unpaired) electrons. The molecular weight excluding hydrogens is 793 g/mol. The molecule has 9 aromatic carbocycles. The van der Waals surface area contributed by atoms with Crippen LogP contribution in [-0.4, -0.2) is 15.2 Å². The molecule has 0 saturated heterocycles. The van der Waals surface area contributed by atoms with Crippen LogP contribution in [0.15, 0.2) is 211 Å². The summed E-state index contributed by atoms with van der Waals surface area (Å²) in [6, 6.07) is 69.8. The first-order chi connectivity index (χ1) is 32.2. The maximum Gasteiger partial charge on any atom is 0.135 e. The third-order valence-electron chi connectivity index (χ3n) is 15.3. The third kappa shape index (κ3) is 4.19. The van der Waals surface area contributed by atoms with Crippen LogP contribution >= 0.6 is 0 Å². The van der Waals surface area contributed by atoms with Crippen molar-refractivity contribution in [3.8, 4) is 33.7 Å². The number of rotatable bonds is 2. The molecule has 3 aromatic heterocycles. The third-order valence-corrected chi connectivity index (χ3v) is 15.3. The van der Waals surface area contributed by atoms with E-state index in [0.29, 0.717) is 0 Å². The van der Waals surface area contributed by atoms with Gasteiger partial charge in [0, 0.05) is 55.2 Å². The van der Waals surface area contributed by atoms with Gasteiger partial charge in [0.25, 0.3) is 0 Å². The molecule has 0 fully saturated rings. The summed E-state index contributed by atoms with van der Waals surface area (Å²) in [5.74, 6) is 1.12. The monoisotopic (exact) mass is 828 g/mol. The lowest BCUT2D eigenvalue weighted by Crippen LogP contribution is -2.26. The van der Waals surface area contributed by atoms with E-state index < -0.39 is 5.41 Å². The van der Waals surface area contributed by atoms with Crippen molar-refractivity contribution in [3.63, 3.8) is 0 Å². The Labute approximate surface area is 373 Å². The molecule has 3 atom stereocenters. The molecule has 4 nitrogen and oxygen atoms in total. The van der Waals surface area contributed by atoms with Gasteiger partial charge in [-0.2, -0.15) is 0 Å². The number of hydrogen-bond acceptors (Lipinski definition) is 2. The summed E-state index contributed by atoms with van der Waals surface area (Å²) < 4.78 is 17.8. The van der Waals surface area contributed by atoms with Gasteiger partial charge in [-0.1, -0.05) is 121 Å². The molecule has 3 unspecified atom stereocenters. The maximum absolute atomic E-state index is 6.45. The van der Waals surface area contributed by atoms with Gasteiger partial charge in [0.05, 0.1) is 27.5 Å². The molecule has 12 aromatic rings. The molecule has 4 heterocycles. The van der Waals surface area contributed by atoms with E-state index in [4.69, 9.17) is 9.15 Å². The van der Waals surface area contributed by atoms with Crippen molar-refractivity contribution < 1.29 is 9.15 Å². The zero-order valence-corrected chi connectivity index (χ0v) is 35.0. The molecule has 0 saturated carbocycles. The van der Waals surface area contributed by atoms with Crippen LogP contribution < -0.4 is 4.74 Å². The fourth-order valence-corrected chi connectivity index (χ4v) is 12.7. The number of nitrogens with zero attached hydrogens (tertiary/aromatic N) is 2. The highest BCUT2D eigenvalue weighted by molar-refractivity contribution is 6.16. The molecule has 302 valence electrons. The van der Waals surface area contributed by atoms with Crippen molar-refractivity contribution in [2.45, 2.75) is 17.4 Å². The zero-order chi connectivity index (χ0) is 42.1. The smallest absolute Gasteiger partial charge is 0.135 e. The standard InChI is InChI=1S/C61H36N2O2/c1-7-19-49-37(13-1)43-31-45-39-15-3-9-21-53(39)62(35-25-27-59-47(29-35)41-17-5-11-23-57(41)64-59)55(45)33-51(43)61(49)50-20-8-2-14-38(50)44-32-46-40-16-4-10-22-54(40)63(56(46)34-52(44)61)36-26-28-60-48(30-36)42-18-6-12-24-58(42)65-60/h1-34,47,59H. The van der Waals surface area contributed by atoms with E-state index in [1.54, 1.807) is 0 Å². The van der Waals surface area contributed by atoms with Gasteiger partial charge in [0.15, 0.2) is 0 Å². The predicted octanol–water partition coefficient (Wildman–Crippen LogP) is 15.1. The van der Waals surface area contributed by atoms with Crippen LogP contribution in [0.3, 0.4) is 0 Å². The second kappa shape index (κ2) is 12.0. The summed E-state index contributed by atoms with van der Waals surface area (Å²) in [7, 11) is 0. The topological polar surface area (TPSA) is 32.2 Å². The van der Waals surface area contributed by atoms with Crippen LogP contribution in [0.2, 0.25) is 0 Å². The number of benzene rings is 9. The molecule has 0 amide bonds. The summed E-state index contributed by atoms with van der Waals surface area (Å²) in [6.07, 6.45) is 6.95. The molecule has 1 spiro atoms. The first kappa shape index (κ1) is 34.2. The average Bonchev–Trinajstić information content (AvgIpc) is 4.19. The fourth-order valence-electron chi connectivity index (χ4n) is 12.7. The van der Waals surface area contributed by atoms with Gasteiger partial charge < -0.3 is 18.3 Å². The Bertz CT molecular complexity index is 4180. The van der Waals surface area contributed by atoms with Crippen LogP contribution in [0.4, 0.5) is 0 Å². The molecule has 65 heavy (non-hydrogen) atoms. The fraction of sp³-hybridized carbons (Fsp3) is 0.0492. The quantitative estimate of drug-likeness (QED) is 0.174. The Balaban J connectivity index is 1.00. The lowest BCUT2D eigenvalue weighted by molar-refractivity contribution is 0.269. The highest BCUT2D eigenvalue weighted by Gasteiger charge is 2.52. The molecule has 1 aliphatic heterocycles. The largest absolute Gasteiger partial charge is 0.485 e. The predicted molar refractivity (Wildman–Crippen MR) is 264 cm³/mol. The number of allylic oxidation sites excluding steroid dienone is 2. The lowest BCUT2D eigenvalue weighted by Gasteiger charge is -2.31. The number of aromatic nitrogens is 2. The molecular formula is C61H36N2O2. The van der Waals surface area contributed by atoms with E-state index in [2.05, 4.69) is 209 Å². The van der Waals surface area contributed by atoms with Crippen molar-refractivity contribution >= 4 is 71.2 Å². The minimum absolute atomic E-state index is 0.00821. The van der Waals surface area contributed by atoms with Gasteiger partial charge in [0.1, 0.15) is 23.0 Å². The van der Waals surface area contributed by atoms with Crippen LogP contribution in [0.25, 0.3) is 99.2 Å². The SMILES string of the molecule is C1=CC2Oc3ccccc3C2C=C1n1c2ccccc2c2cc3c(cc21)C1(c2ccccc2-3)c2ccccc2-c2cc3c4ccccc4n(-c4ccc5oc6ccccc6c5c4)c3cc21. The summed E-state index contributed by atoms with van der Waals surface area (Å²) >= 11 is 0. The number of furan rings is 1. The molecule has 4 aliphatic rings. The van der Waals surface area contributed by atoms with Crippen LogP contribution in [0, 0.1) is 0 Å². The van der Waals surface area contributed by atoms with E-state index in [0.717, 1.165) is 33.4 Å². The minimum atomic E-state index is -0.562. The van der Waals surface area contributed by atoms with E-state index in [1.807, 2.05) is 6.07 Å². The highest BCUT2D eigenvalue weighted by Crippen LogP contribution is 2.64. The van der Waals surface area contributed by atoms with Crippen LogP contribution in [0.5, 0.6) is 5.75 Å². The number of hydrogen-bond donors (Lipinski definition) is 0. The Morgan fingerprint density at radius 3 is 1.74 bits per heavy atom. The van der Waals surface area contributed by atoms with E-state index >= 15 is 0 Å². The van der Waals surface area contributed by atoms with Gasteiger partial charge in [-0.15, -0.1) is 0 Å². The Hall–Kier alpha value is -8.34. The van der Waals surface area contributed by atoms with Crippen LogP contribution in [0.1, 0.15) is 33.7 Å². The Kier molecular flexibility index (Phi) is 6.32. The Morgan fingerprint density at radius 1 is 0.415 bits per heavy atom. The van der Waals surface area contributed by atoms with Crippen molar-refractivity contribution in [3.05, 3.63) is 234 Å². The first-order valence-electron chi connectivity index (χ1n) is 22.7. The van der Waals surface area contributed by atoms with Crippen molar-refractivity contribution in [2.24, 2.45) is 0 Å². The van der Waals surface area contributed by atoms with Crippen molar-refractivity contribution in [2.75, 3.05) is 0 Å². The summed E-state index contributed by atoms with van der Waals surface area (Å²) in [5.41, 5.74) is 20.0. The van der Waals surface area contributed by atoms with E-state index in [1.165, 1.54) is 99.4 Å². The summed E-state index contributed by atoms with van der Waals surface area (Å²) in [5, 5.41) is 7.25. The molecule has 4 heteroatoms. The average molecular weight is 829 g/mol. The second-order valence-corrected chi connectivity index (χ2v) is 18.3. The minimum Gasteiger partial charge on any atom is -0.485 e. The highest BCUT2D eigenvalue weighted by atomic mass is 16.5. The van der Waals surface area contributed by atoms with Gasteiger partial charge >= 0.3 is 0 Å². The van der Waals surface area contributed by atoms with Gasteiger partial charge in [0.2, 0.25) is 0 Å². The molecule has 3 aliphatic carbocycles. The van der Waals surface area contributed by atoms with E-state index in [-0.39, 0.29) is 12.0 Å². The maximum atomic E-state index is 6.45. The van der Waals surface area contributed by atoms with Gasteiger partial charge in [-0.3, -0.25) is 0 Å². The van der Waals surface area contributed by atoms with Crippen LogP contribution in [-0.2, 0) is 5.41 Å². The van der Waals surface area contributed by atoms with E-state index in [9.17, 15) is 0 Å². The van der Waals surface area contributed by atoms with Gasteiger partial charge in [-0.05, 0) is 129 Å². The molecule has 0 N–H and O–H groups in total. The van der Waals surface area contributed by atoms with Crippen molar-refractivity contribution in [1.82, 2.24) is 9.13 Å². The van der Waals surface area contributed by atoms with Gasteiger partial charge in [-0.25, -0.2) is 0 Å². The number of ether oxygens (including phenoxy) is 1. The molecule has 16 rings (SSSR count).